The Kier molecular flexibility index (Phi) is 8.96. The Morgan fingerprint density at radius 1 is 1.06 bits per heavy atom. The molecule has 2 aromatic carbocycles. The Morgan fingerprint density at radius 2 is 1.74 bits per heavy atom. The van der Waals surface area contributed by atoms with Crippen molar-refractivity contribution in [2.75, 3.05) is 24.7 Å². The van der Waals surface area contributed by atoms with E-state index >= 15 is 0 Å². The van der Waals surface area contributed by atoms with Crippen LogP contribution in [0.15, 0.2) is 42.5 Å². The molecule has 0 radical (unpaired) electrons. The largest absolute Gasteiger partial charge is 0.493 e. The van der Waals surface area contributed by atoms with Crippen molar-refractivity contribution in [2.45, 2.75) is 45.4 Å². The van der Waals surface area contributed by atoms with Gasteiger partial charge in [-0.2, -0.15) is 0 Å². The van der Waals surface area contributed by atoms with Gasteiger partial charge in [0.1, 0.15) is 5.75 Å². The van der Waals surface area contributed by atoms with Gasteiger partial charge in [-0.3, -0.25) is 0 Å². The number of carboxylic acid groups (broad SMARTS) is 1. The van der Waals surface area contributed by atoms with Crippen LogP contribution in [-0.4, -0.2) is 30.3 Å². The van der Waals surface area contributed by atoms with Crippen LogP contribution in [0.3, 0.4) is 0 Å². The van der Waals surface area contributed by atoms with Crippen molar-refractivity contribution in [3.8, 4) is 5.75 Å². The van der Waals surface area contributed by atoms with Crippen LogP contribution in [0.25, 0.3) is 6.08 Å². The number of esters is 1. The van der Waals surface area contributed by atoms with Gasteiger partial charge >= 0.3 is 11.9 Å². The summed E-state index contributed by atoms with van der Waals surface area (Å²) in [6.45, 7) is 3.02. The van der Waals surface area contributed by atoms with Crippen molar-refractivity contribution in [1.29, 1.82) is 0 Å². The maximum Gasteiger partial charge on any atom is 0.336 e. The van der Waals surface area contributed by atoms with Gasteiger partial charge in [-0.05, 0) is 66.1 Å². The number of anilines is 2. The van der Waals surface area contributed by atoms with Gasteiger partial charge < -0.3 is 26.0 Å². The van der Waals surface area contributed by atoms with Crippen LogP contribution in [-0.2, 0) is 16.0 Å². The lowest BCUT2D eigenvalue weighted by molar-refractivity contribution is -0.137. The normalized spacial score (nSPS) is 18.0. The van der Waals surface area contributed by atoms with Gasteiger partial charge in [0.05, 0.1) is 18.8 Å². The molecular weight excluding hydrogens is 432 g/mol. The molecule has 1 fully saturated rings. The smallest absolute Gasteiger partial charge is 0.336 e. The lowest BCUT2D eigenvalue weighted by Crippen LogP contribution is -2.19. The van der Waals surface area contributed by atoms with E-state index in [9.17, 15) is 14.7 Å². The average molecular weight is 467 g/mol. The van der Waals surface area contributed by atoms with Crippen LogP contribution in [0.4, 0.5) is 11.4 Å². The van der Waals surface area contributed by atoms with E-state index in [-0.39, 0.29) is 30.0 Å². The van der Waals surface area contributed by atoms with Crippen molar-refractivity contribution < 1.29 is 24.2 Å². The molecule has 0 atom stereocenters. The van der Waals surface area contributed by atoms with Gasteiger partial charge in [0.25, 0.3) is 0 Å². The Bertz CT molecular complexity index is 1010. The first-order valence-electron chi connectivity index (χ1n) is 11.8. The van der Waals surface area contributed by atoms with Crippen molar-refractivity contribution in [2.24, 2.45) is 11.8 Å². The van der Waals surface area contributed by atoms with Crippen LogP contribution in [0, 0.1) is 11.8 Å². The summed E-state index contributed by atoms with van der Waals surface area (Å²) in [5.74, 6) is 0.692. The minimum Gasteiger partial charge on any atom is -0.493 e. The number of carbonyl (C=O) groups is 2. The summed E-state index contributed by atoms with van der Waals surface area (Å²) < 4.78 is 11.2. The summed E-state index contributed by atoms with van der Waals surface area (Å²) >= 11 is 0. The molecule has 2 aromatic rings. The summed E-state index contributed by atoms with van der Waals surface area (Å²) in [6.07, 6.45) is 9.55. The van der Waals surface area contributed by atoms with E-state index in [0.717, 1.165) is 23.8 Å². The molecule has 1 saturated carbocycles. The highest BCUT2D eigenvalue weighted by Gasteiger charge is 2.20. The number of carbonyl (C=O) groups excluding carboxylic acids is 1. The fourth-order valence-corrected chi connectivity index (χ4v) is 4.35. The highest BCUT2D eigenvalue weighted by molar-refractivity contribution is 5.92. The number of nitrogen functional groups attached to an aromatic ring is 2. The van der Waals surface area contributed by atoms with E-state index in [1.165, 1.54) is 50.3 Å². The third-order valence-corrected chi connectivity index (χ3v) is 6.45. The molecule has 0 spiro atoms. The molecule has 34 heavy (non-hydrogen) atoms. The molecule has 182 valence electrons. The lowest BCUT2D eigenvalue weighted by Gasteiger charge is -2.27. The molecule has 0 heterocycles. The molecule has 3 rings (SSSR count). The predicted molar refractivity (Wildman–Crippen MR) is 134 cm³/mol. The fourth-order valence-electron chi connectivity index (χ4n) is 4.35. The number of rotatable bonds is 10. The summed E-state index contributed by atoms with van der Waals surface area (Å²) in [5, 5.41) is 9.33. The van der Waals surface area contributed by atoms with Crippen LogP contribution in [0.2, 0.25) is 0 Å². The first-order valence-corrected chi connectivity index (χ1v) is 11.8. The third kappa shape index (κ3) is 7.27. The minimum absolute atomic E-state index is 0.00448. The second-order valence-corrected chi connectivity index (χ2v) is 8.87. The molecule has 7 heteroatoms. The van der Waals surface area contributed by atoms with Crippen molar-refractivity contribution in [3.63, 3.8) is 0 Å². The Balaban J connectivity index is 1.43. The zero-order valence-corrected chi connectivity index (χ0v) is 19.7. The third-order valence-electron chi connectivity index (χ3n) is 6.45. The molecule has 0 aliphatic heterocycles. The molecule has 1 aliphatic carbocycles. The van der Waals surface area contributed by atoms with Gasteiger partial charge in [0.15, 0.2) is 0 Å². The Hall–Kier alpha value is -3.48. The van der Waals surface area contributed by atoms with Gasteiger partial charge in [-0.25, -0.2) is 9.59 Å². The van der Waals surface area contributed by atoms with Crippen molar-refractivity contribution in [3.05, 3.63) is 59.2 Å². The first kappa shape index (κ1) is 25.1. The molecule has 0 saturated heterocycles. The number of ether oxygens (including phenoxy) is 2. The topological polar surface area (TPSA) is 125 Å². The molecule has 7 nitrogen and oxygen atoms in total. The standard InChI is InChI=1S/C27H34N2O5/c1-2-18-3-5-20(6-4-18)17-34-22-10-7-19(8-11-22)9-12-26(30)33-14-13-23-24(27(31)32)15-21(28)16-25(23)29/h7-12,15-16,18,20H,2-6,13-14,17,28-29H2,1H3,(H,31,32). The van der Waals surface area contributed by atoms with Crippen LogP contribution in [0.5, 0.6) is 5.75 Å². The number of carboxylic acids is 1. The molecule has 5 N–H and O–H groups in total. The Labute approximate surface area is 200 Å². The first-order chi connectivity index (χ1) is 16.4. The van der Waals surface area contributed by atoms with Crippen LogP contribution in [0.1, 0.15) is 60.5 Å². The Morgan fingerprint density at radius 3 is 2.38 bits per heavy atom. The zero-order chi connectivity index (χ0) is 24.5. The minimum atomic E-state index is -1.13. The zero-order valence-electron chi connectivity index (χ0n) is 19.7. The monoisotopic (exact) mass is 466 g/mol. The second-order valence-electron chi connectivity index (χ2n) is 8.87. The number of aromatic carboxylic acids is 1. The predicted octanol–water partition coefficient (Wildman–Crippen LogP) is 4.94. The lowest BCUT2D eigenvalue weighted by atomic mass is 9.81. The molecule has 1 aliphatic rings. The molecule has 0 aromatic heterocycles. The van der Waals surface area contributed by atoms with Crippen LogP contribution < -0.4 is 16.2 Å². The molecule has 0 unspecified atom stereocenters. The fraction of sp³-hybridized carbons (Fsp3) is 0.407. The molecule has 0 bridgehead atoms. The summed E-state index contributed by atoms with van der Waals surface area (Å²) in [6, 6.07) is 10.4. The maximum absolute atomic E-state index is 12.1. The number of hydrogen-bond donors (Lipinski definition) is 3. The summed E-state index contributed by atoms with van der Waals surface area (Å²) in [7, 11) is 0. The van der Waals surface area contributed by atoms with Crippen molar-refractivity contribution in [1.82, 2.24) is 0 Å². The maximum atomic E-state index is 12.1. The molecular formula is C27H34N2O5. The molecule has 0 amide bonds. The number of benzene rings is 2. The highest BCUT2D eigenvalue weighted by Crippen LogP contribution is 2.31. The van der Waals surface area contributed by atoms with E-state index in [1.807, 2.05) is 24.3 Å². The van der Waals surface area contributed by atoms with Crippen molar-refractivity contribution >= 4 is 29.4 Å². The van der Waals surface area contributed by atoms with E-state index in [1.54, 1.807) is 6.08 Å². The van der Waals surface area contributed by atoms with E-state index in [4.69, 9.17) is 20.9 Å². The number of hydrogen-bond acceptors (Lipinski definition) is 6. The quantitative estimate of drug-likeness (QED) is 0.257. The SMILES string of the molecule is CCC1CCC(COc2ccc(C=CC(=O)OCCc3c(N)cc(N)cc3C(=O)O)cc2)CC1. The summed E-state index contributed by atoms with van der Waals surface area (Å²) in [5.41, 5.74) is 13.3. The highest BCUT2D eigenvalue weighted by atomic mass is 16.5. The van der Waals surface area contributed by atoms with Gasteiger partial charge in [-0.15, -0.1) is 0 Å². The average Bonchev–Trinajstić information content (AvgIpc) is 2.83. The number of nitrogens with two attached hydrogens (primary N) is 2. The van der Waals surface area contributed by atoms with E-state index in [2.05, 4.69) is 6.92 Å². The van der Waals surface area contributed by atoms with E-state index < -0.39 is 11.9 Å². The van der Waals surface area contributed by atoms with Gasteiger partial charge in [-0.1, -0.05) is 38.3 Å². The van der Waals surface area contributed by atoms with Crippen LogP contribution >= 0.6 is 0 Å². The van der Waals surface area contributed by atoms with Gasteiger partial charge in [0.2, 0.25) is 0 Å². The van der Waals surface area contributed by atoms with E-state index in [0.29, 0.717) is 11.5 Å². The summed E-state index contributed by atoms with van der Waals surface area (Å²) in [4.78, 5) is 23.5. The second kappa shape index (κ2) is 12.1. The van der Waals surface area contributed by atoms with Gasteiger partial charge in [0, 0.05) is 23.9 Å².